The highest BCUT2D eigenvalue weighted by Gasteiger charge is 2.28. The second-order valence-corrected chi connectivity index (χ2v) is 28.7. The van der Waals surface area contributed by atoms with Gasteiger partial charge in [0.1, 0.15) is 0 Å². The monoisotopic (exact) mass is 1320 g/mol. The summed E-state index contributed by atoms with van der Waals surface area (Å²) in [4.78, 5) is 52.6. The standard InChI is InChI=1S/2C18H20OS.2C17H18OS.C16H18/c1-4-18(2,3)17(19)20-16-13-9-8-12-15(16)14-10-6-5-7-11-14;1-4-18(2,3)17(19)20-16-12-10-15(11-13-16)14-8-6-5-7-9-14;1-3-13(2)17(18)19-16-12-8-7-11-15(16)14-9-5-4-6-10-14;1-3-13(2)17(18)19-16-11-9-15(10-12-16)14-7-5-4-6-8-14;1-3-13(2)14-9-11-16(12-10-14)15-7-5-4-6-8-15/h2*5-13H,4H2,1-3H3;2*4-13H,3H2,1-2H3;4-13H,3H2,1-2H3. The molecule has 3 unspecified atom stereocenters. The lowest BCUT2D eigenvalue weighted by molar-refractivity contribution is -0.118. The van der Waals surface area contributed by atoms with Crippen LogP contribution in [0.4, 0.5) is 0 Å². The smallest absolute Gasteiger partial charge is 0.199 e. The number of hydrogen-bond acceptors (Lipinski definition) is 8. The number of hydrogen-bond donors (Lipinski definition) is 0. The topological polar surface area (TPSA) is 68.3 Å². The highest BCUT2D eigenvalue weighted by molar-refractivity contribution is 8.14. The third-order valence-electron chi connectivity index (χ3n) is 16.8. The quantitative estimate of drug-likeness (QED) is 0.0742. The van der Waals surface area contributed by atoms with Crippen LogP contribution in [0.5, 0.6) is 0 Å². The van der Waals surface area contributed by atoms with Crippen molar-refractivity contribution >= 4 is 67.5 Å². The Labute approximate surface area is 580 Å². The zero-order valence-corrected chi connectivity index (χ0v) is 60.3. The molecule has 0 N–H and O–H groups in total. The average Bonchev–Trinajstić information content (AvgIpc) is 0.976. The van der Waals surface area contributed by atoms with Gasteiger partial charge in [-0.15, -0.1) is 0 Å². The minimum absolute atomic E-state index is 0.105. The number of thioether (sulfide) groups is 4. The van der Waals surface area contributed by atoms with Crippen LogP contribution in [0.3, 0.4) is 0 Å². The van der Waals surface area contributed by atoms with Gasteiger partial charge < -0.3 is 0 Å². The van der Waals surface area contributed by atoms with Crippen molar-refractivity contribution in [3.8, 4) is 55.6 Å². The molecule has 3 atom stereocenters. The molecule has 486 valence electrons. The predicted octanol–water partition coefficient (Wildman–Crippen LogP) is 25.7. The Morgan fingerprint density at radius 3 is 0.915 bits per heavy atom. The van der Waals surface area contributed by atoms with Crippen LogP contribution < -0.4 is 0 Å². The SMILES string of the molecule is CCC(C)(C)C(=O)Sc1ccc(-c2ccccc2)cc1.CCC(C)(C)C(=O)Sc1ccccc1-c1ccccc1.CCC(C)C(=O)Sc1ccc(-c2ccccc2)cc1.CCC(C)C(=O)Sc1ccccc1-c1ccccc1.CCC(C)c1ccc(-c2ccccc2)cc1. The van der Waals surface area contributed by atoms with Gasteiger partial charge >= 0.3 is 0 Å². The predicted molar refractivity (Wildman–Crippen MR) is 409 cm³/mol. The van der Waals surface area contributed by atoms with Crippen LogP contribution in [-0.4, -0.2) is 20.5 Å². The van der Waals surface area contributed by atoms with Gasteiger partial charge in [-0.2, -0.15) is 0 Å². The van der Waals surface area contributed by atoms with Gasteiger partial charge in [-0.1, -0.05) is 367 Å². The van der Waals surface area contributed by atoms with Crippen molar-refractivity contribution in [1.82, 2.24) is 0 Å². The van der Waals surface area contributed by atoms with Crippen molar-refractivity contribution < 1.29 is 19.2 Å². The molecule has 4 nitrogen and oxygen atoms in total. The summed E-state index contributed by atoms with van der Waals surface area (Å²) < 4.78 is 0. The Morgan fingerprint density at radius 2 is 0.574 bits per heavy atom. The molecule has 10 aromatic rings. The zero-order chi connectivity index (χ0) is 67.9. The molecule has 0 aromatic heterocycles. The second kappa shape index (κ2) is 39.2. The molecule has 10 rings (SSSR count). The summed E-state index contributed by atoms with van der Waals surface area (Å²) >= 11 is 5.40. The highest BCUT2D eigenvalue weighted by atomic mass is 32.2. The van der Waals surface area contributed by atoms with Gasteiger partial charge in [-0.3, -0.25) is 19.2 Å². The molecule has 10 aromatic carbocycles. The lowest BCUT2D eigenvalue weighted by Crippen LogP contribution is -2.19. The molecule has 0 spiro atoms. The van der Waals surface area contributed by atoms with Crippen LogP contribution in [0.1, 0.15) is 127 Å². The van der Waals surface area contributed by atoms with E-state index in [0.29, 0.717) is 5.92 Å². The first-order chi connectivity index (χ1) is 45.3. The Bertz CT molecular complexity index is 3850. The van der Waals surface area contributed by atoms with E-state index >= 15 is 0 Å². The first kappa shape index (κ1) is 75.3. The Hall–Kier alpha value is -7.72. The Morgan fingerprint density at radius 1 is 0.298 bits per heavy atom. The van der Waals surface area contributed by atoms with Crippen molar-refractivity contribution in [2.24, 2.45) is 22.7 Å². The van der Waals surface area contributed by atoms with E-state index in [1.54, 1.807) is 0 Å². The van der Waals surface area contributed by atoms with Crippen molar-refractivity contribution in [3.05, 3.63) is 279 Å². The minimum Gasteiger partial charge on any atom is -0.287 e. The normalized spacial score (nSPS) is 11.8. The van der Waals surface area contributed by atoms with Crippen molar-refractivity contribution in [2.45, 2.75) is 141 Å². The summed E-state index contributed by atoms with van der Waals surface area (Å²) in [6.45, 7) is 24.7. The number of carbonyl (C=O) groups is 4. The van der Waals surface area contributed by atoms with Gasteiger partial charge in [0, 0.05) is 42.2 Å². The second-order valence-electron chi connectivity index (χ2n) is 24.5. The number of rotatable bonds is 19. The summed E-state index contributed by atoms with van der Waals surface area (Å²) in [5.41, 5.74) is 12.8. The molecule has 0 amide bonds. The summed E-state index contributed by atoms with van der Waals surface area (Å²) in [6.07, 6.45) is 4.70. The van der Waals surface area contributed by atoms with E-state index in [1.165, 1.54) is 92.4 Å². The third kappa shape index (κ3) is 23.9. The van der Waals surface area contributed by atoms with Crippen LogP contribution in [-0.2, 0) is 19.2 Å². The van der Waals surface area contributed by atoms with E-state index in [2.05, 4.69) is 167 Å². The average molecular weight is 1320 g/mol. The molecule has 0 aliphatic carbocycles. The Kier molecular flexibility index (Phi) is 31.4. The highest BCUT2D eigenvalue weighted by Crippen LogP contribution is 2.39. The number of benzene rings is 10. The van der Waals surface area contributed by atoms with Crippen molar-refractivity contribution in [2.75, 3.05) is 0 Å². The van der Waals surface area contributed by atoms with Crippen LogP contribution >= 0.6 is 47.0 Å². The maximum Gasteiger partial charge on any atom is 0.199 e. The molecule has 94 heavy (non-hydrogen) atoms. The van der Waals surface area contributed by atoms with Gasteiger partial charge in [-0.05, 0) is 136 Å². The molecule has 8 heteroatoms. The molecule has 0 radical (unpaired) electrons. The molecule has 0 aliphatic heterocycles. The summed E-state index contributed by atoms with van der Waals surface area (Å²) in [5, 5.41) is 0.941. The first-order valence-electron chi connectivity index (χ1n) is 32.9. The summed E-state index contributed by atoms with van der Waals surface area (Å²) in [5.74, 6) is 0.887. The fourth-order valence-electron chi connectivity index (χ4n) is 8.92. The summed E-state index contributed by atoms with van der Waals surface area (Å²) in [6, 6.07) is 92.9. The molecular formula is C86H94O4S4. The lowest BCUT2D eigenvalue weighted by Gasteiger charge is -2.20. The van der Waals surface area contributed by atoms with E-state index < -0.39 is 0 Å². The largest absolute Gasteiger partial charge is 0.287 e. The summed E-state index contributed by atoms with van der Waals surface area (Å²) in [7, 11) is 0. The van der Waals surface area contributed by atoms with Crippen LogP contribution in [0.25, 0.3) is 55.6 Å². The number of carbonyl (C=O) groups excluding carboxylic acids is 4. The van der Waals surface area contributed by atoms with Crippen LogP contribution in [0, 0.1) is 22.7 Å². The van der Waals surface area contributed by atoms with E-state index in [1.807, 2.05) is 189 Å². The van der Waals surface area contributed by atoms with Crippen LogP contribution in [0.15, 0.2) is 293 Å². The zero-order valence-electron chi connectivity index (χ0n) is 57.0. The van der Waals surface area contributed by atoms with E-state index in [9.17, 15) is 19.2 Å². The fourth-order valence-corrected chi connectivity index (χ4v) is 12.8. The molecule has 0 aliphatic rings. The maximum absolute atomic E-state index is 12.4. The lowest BCUT2D eigenvalue weighted by atomic mass is 9.92. The molecule has 0 bridgehead atoms. The van der Waals surface area contributed by atoms with E-state index in [0.717, 1.165) is 67.5 Å². The van der Waals surface area contributed by atoms with Crippen molar-refractivity contribution in [1.29, 1.82) is 0 Å². The van der Waals surface area contributed by atoms with Gasteiger partial charge in [-0.25, -0.2) is 0 Å². The third-order valence-corrected chi connectivity index (χ3v) is 21.7. The minimum atomic E-state index is -0.283. The molecular weight excluding hydrogens is 1230 g/mol. The van der Waals surface area contributed by atoms with Crippen LogP contribution in [0.2, 0.25) is 0 Å². The molecule has 0 heterocycles. The first-order valence-corrected chi connectivity index (χ1v) is 36.2. The van der Waals surface area contributed by atoms with Gasteiger partial charge in [0.05, 0.1) is 0 Å². The maximum atomic E-state index is 12.4. The van der Waals surface area contributed by atoms with E-state index in [-0.39, 0.29) is 43.1 Å². The van der Waals surface area contributed by atoms with Crippen molar-refractivity contribution in [3.63, 3.8) is 0 Å². The van der Waals surface area contributed by atoms with Gasteiger partial charge in [0.25, 0.3) is 0 Å². The Balaban J connectivity index is 0.000000187. The van der Waals surface area contributed by atoms with Gasteiger partial charge in [0.15, 0.2) is 20.5 Å². The molecule has 0 saturated heterocycles. The van der Waals surface area contributed by atoms with Gasteiger partial charge in [0.2, 0.25) is 0 Å². The molecule has 0 fully saturated rings. The molecule has 0 saturated carbocycles. The fraction of sp³-hybridized carbons (Fsp3) is 0.256. The van der Waals surface area contributed by atoms with E-state index in [4.69, 9.17) is 0 Å².